The summed E-state index contributed by atoms with van der Waals surface area (Å²) in [6.45, 7) is 0. The molecule has 0 aliphatic carbocycles. The number of hydrogen-bond acceptors (Lipinski definition) is 5. The van der Waals surface area contributed by atoms with Crippen LogP contribution in [0.15, 0.2) is 173 Å². The van der Waals surface area contributed by atoms with E-state index in [1.807, 2.05) is 72.8 Å². The lowest BCUT2D eigenvalue weighted by Crippen LogP contribution is -2.00. The van der Waals surface area contributed by atoms with Gasteiger partial charge in [0.2, 0.25) is 0 Å². The van der Waals surface area contributed by atoms with Gasteiger partial charge in [0, 0.05) is 38.2 Å². The van der Waals surface area contributed by atoms with E-state index in [2.05, 4.69) is 91.0 Å². The summed E-state index contributed by atoms with van der Waals surface area (Å²) in [5.74, 6) is 1.82. The monoisotopic (exact) mass is 641 g/mol. The van der Waals surface area contributed by atoms with Crippen LogP contribution in [-0.2, 0) is 0 Å². The van der Waals surface area contributed by atoms with Crippen LogP contribution in [0.4, 0.5) is 0 Å². The lowest BCUT2D eigenvalue weighted by Gasteiger charge is -2.09. The van der Waals surface area contributed by atoms with E-state index in [1.165, 1.54) is 5.56 Å². The first-order valence-corrected chi connectivity index (χ1v) is 16.6. The number of furan rings is 2. The molecule has 0 saturated carbocycles. The minimum absolute atomic E-state index is 0.586. The Balaban J connectivity index is 1.04. The summed E-state index contributed by atoms with van der Waals surface area (Å²) in [5.41, 5.74) is 10.5. The van der Waals surface area contributed by atoms with Crippen LogP contribution >= 0.6 is 0 Å². The van der Waals surface area contributed by atoms with E-state index in [4.69, 9.17) is 23.8 Å². The lowest BCUT2D eigenvalue weighted by molar-refractivity contribution is 0.668. The number of para-hydroxylation sites is 1. The molecule has 0 atom stereocenters. The van der Waals surface area contributed by atoms with Crippen molar-refractivity contribution in [3.63, 3.8) is 0 Å². The van der Waals surface area contributed by atoms with Crippen LogP contribution in [0.3, 0.4) is 0 Å². The van der Waals surface area contributed by atoms with E-state index in [-0.39, 0.29) is 0 Å². The molecule has 0 amide bonds. The van der Waals surface area contributed by atoms with Crippen molar-refractivity contribution < 1.29 is 8.83 Å². The zero-order chi connectivity index (χ0) is 33.0. The number of rotatable bonds is 5. The highest BCUT2D eigenvalue weighted by Gasteiger charge is 2.16. The molecule has 5 nitrogen and oxygen atoms in total. The second-order valence-electron chi connectivity index (χ2n) is 12.4. The molecule has 3 aromatic heterocycles. The van der Waals surface area contributed by atoms with Crippen molar-refractivity contribution in [2.45, 2.75) is 0 Å². The zero-order valence-electron chi connectivity index (χ0n) is 26.7. The molecule has 50 heavy (non-hydrogen) atoms. The highest BCUT2D eigenvalue weighted by atomic mass is 16.3. The predicted molar refractivity (Wildman–Crippen MR) is 202 cm³/mol. The molecule has 5 heteroatoms. The SMILES string of the molecule is c1ccc(-c2ccc(-c3nc(-c4ccccc4)nc(-c4ccc5c(c4)oc4cc(-c6ccc7c(c6)oc6ccccc67)ccc45)n3)cc2)cc1. The Morgan fingerprint density at radius 1 is 0.260 bits per heavy atom. The molecule has 0 bridgehead atoms. The van der Waals surface area contributed by atoms with Crippen LogP contribution < -0.4 is 0 Å². The Bertz CT molecular complexity index is 2850. The van der Waals surface area contributed by atoms with Crippen molar-refractivity contribution in [3.05, 3.63) is 164 Å². The first-order valence-electron chi connectivity index (χ1n) is 16.6. The summed E-state index contributed by atoms with van der Waals surface area (Å²) >= 11 is 0. The van der Waals surface area contributed by atoms with Gasteiger partial charge >= 0.3 is 0 Å². The molecule has 10 rings (SSSR count). The first kappa shape index (κ1) is 28.2. The van der Waals surface area contributed by atoms with E-state index >= 15 is 0 Å². The minimum Gasteiger partial charge on any atom is -0.456 e. The van der Waals surface area contributed by atoms with Gasteiger partial charge in [-0.2, -0.15) is 0 Å². The molecule has 7 aromatic carbocycles. The summed E-state index contributed by atoms with van der Waals surface area (Å²) < 4.78 is 12.7. The number of nitrogens with zero attached hydrogens (tertiary/aromatic N) is 3. The van der Waals surface area contributed by atoms with Gasteiger partial charge in [0.05, 0.1) is 0 Å². The number of benzene rings is 7. The fraction of sp³-hybridized carbons (Fsp3) is 0. The van der Waals surface area contributed by atoms with Gasteiger partial charge < -0.3 is 8.83 Å². The second-order valence-corrected chi connectivity index (χ2v) is 12.4. The maximum Gasteiger partial charge on any atom is 0.164 e. The molecule has 3 heterocycles. The molecular formula is C45H27N3O2. The Morgan fingerprint density at radius 3 is 1.22 bits per heavy atom. The number of aromatic nitrogens is 3. The highest BCUT2D eigenvalue weighted by Crippen LogP contribution is 2.37. The highest BCUT2D eigenvalue weighted by molar-refractivity contribution is 6.08. The molecule has 0 saturated heterocycles. The molecule has 0 fully saturated rings. The lowest BCUT2D eigenvalue weighted by atomic mass is 10.0. The summed E-state index contributed by atoms with van der Waals surface area (Å²) in [5, 5.41) is 4.33. The minimum atomic E-state index is 0.586. The van der Waals surface area contributed by atoms with Gasteiger partial charge in [-0.1, -0.05) is 121 Å². The van der Waals surface area contributed by atoms with Crippen LogP contribution in [0, 0.1) is 0 Å². The van der Waals surface area contributed by atoms with Crippen molar-refractivity contribution in [3.8, 4) is 56.4 Å². The fourth-order valence-corrected chi connectivity index (χ4v) is 6.79. The maximum atomic E-state index is 6.50. The van der Waals surface area contributed by atoms with Gasteiger partial charge in [-0.05, 0) is 64.7 Å². The van der Waals surface area contributed by atoms with Crippen molar-refractivity contribution in [2.75, 3.05) is 0 Å². The van der Waals surface area contributed by atoms with Gasteiger partial charge in [0.1, 0.15) is 22.3 Å². The second kappa shape index (κ2) is 11.4. The van der Waals surface area contributed by atoms with E-state index in [9.17, 15) is 0 Å². The molecule has 10 aromatic rings. The fourth-order valence-electron chi connectivity index (χ4n) is 6.79. The van der Waals surface area contributed by atoms with E-state index in [1.54, 1.807) is 0 Å². The summed E-state index contributed by atoms with van der Waals surface area (Å²) in [6.07, 6.45) is 0. The van der Waals surface area contributed by atoms with Crippen molar-refractivity contribution in [1.29, 1.82) is 0 Å². The van der Waals surface area contributed by atoms with Crippen LogP contribution in [0.25, 0.3) is 100 Å². The third-order valence-corrected chi connectivity index (χ3v) is 9.36. The molecule has 0 N–H and O–H groups in total. The van der Waals surface area contributed by atoms with E-state index in [0.717, 1.165) is 77.3 Å². The molecule has 0 aliphatic rings. The Morgan fingerprint density at radius 2 is 0.620 bits per heavy atom. The summed E-state index contributed by atoms with van der Waals surface area (Å²) in [4.78, 5) is 14.8. The van der Waals surface area contributed by atoms with E-state index < -0.39 is 0 Å². The third kappa shape index (κ3) is 4.83. The Kier molecular flexibility index (Phi) is 6.42. The van der Waals surface area contributed by atoms with Crippen LogP contribution in [0.1, 0.15) is 0 Å². The Hall–Kier alpha value is -6.85. The summed E-state index contributed by atoms with van der Waals surface area (Å²) in [7, 11) is 0. The first-order chi connectivity index (χ1) is 24.7. The van der Waals surface area contributed by atoms with Gasteiger partial charge in [-0.15, -0.1) is 0 Å². The topological polar surface area (TPSA) is 65.0 Å². The maximum absolute atomic E-state index is 6.50. The molecular weight excluding hydrogens is 615 g/mol. The quantitative estimate of drug-likeness (QED) is 0.187. The van der Waals surface area contributed by atoms with Gasteiger partial charge in [0.15, 0.2) is 17.5 Å². The van der Waals surface area contributed by atoms with E-state index in [0.29, 0.717) is 17.5 Å². The normalized spacial score (nSPS) is 11.6. The molecule has 234 valence electrons. The molecule has 0 spiro atoms. The number of fused-ring (bicyclic) bond motifs is 6. The van der Waals surface area contributed by atoms with Crippen molar-refractivity contribution in [2.24, 2.45) is 0 Å². The van der Waals surface area contributed by atoms with Crippen molar-refractivity contribution >= 4 is 43.9 Å². The molecule has 0 aliphatic heterocycles. The van der Waals surface area contributed by atoms with Gasteiger partial charge in [0.25, 0.3) is 0 Å². The average molecular weight is 642 g/mol. The van der Waals surface area contributed by atoms with Gasteiger partial charge in [-0.25, -0.2) is 15.0 Å². The van der Waals surface area contributed by atoms with Crippen LogP contribution in [0.2, 0.25) is 0 Å². The standard InChI is InChI=1S/C45H27N3O2/c1-3-9-28(10-4-1)29-15-17-31(18-16-29)44-46-43(30-11-5-2-6-12-30)47-45(48-44)34-21-24-38-37-23-20-33(26-41(37)50-42(38)27-34)32-19-22-36-35-13-7-8-14-39(35)49-40(36)25-32/h1-27H. The van der Waals surface area contributed by atoms with Crippen LogP contribution in [-0.4, -0.2) is 15.0 Å². The number of hydrogen-bond donors (Lipinski definition) is 0. The van der Waals surface area contributed by atoms with Crippen molar-refractivity contribution in [1.82, 2.24) is 15.0 Å². The zero-order valence-corrected chi connectivity index (χ0v) is 26.7. The molecule has 0 unspecified atom stereocenters. The predicted octanol–water partition coefficient (Wildman–Crippen LogP) is 12.0. The largest absolute Gasteiger partial charge is 0.456 e. The van der Waals surface area contributed by atoms with Crippen LogP contribution in [0.5, 0.6) is 0 Å². The molecule has 0 radical (unpaired) electrons. The Labute approximate surface area is 287 Å². The van der Waals surface area contributed by atoms with Gasteiger partial charge in [-0.3, -0.25) is 0 Å². The third-order valence-electron chi connectivity index (χ3n) is 9.36. The average Bonchev–Trinajstić information content (AvgIpc) is 3.75. The smallest absolute Gasteiger partial charge is 0.164 e. The summed E-state index contributed by atoms with van der Waals surface area (Å²) in [6, 6.07) is 55.8.